The van der Waals surface area contributed by atoms with Crippen LogP contribution in [0.1, 0.15) is 31.7 Å². The quantitative estimate of drug-likeness (QED) is 0.783. The molecule has 1 unspecified atom stereocenters. The Bertz CT molecular complexity index is 501. The number of hydrogen-bond acceptors (Lipinski definition) is 3. The molecule has 1 aliphatic heterocycles. The maximum atomic E-state index is 12.8. The van der Waals surface area contributed by atoms with Crippen molar-refractivity contribution in [3.63, 3.8) is 0 Å². The molecule has 4 nitrogen and oxygen atoms in total. The third kappa shape index (κ3) is 4.03. The standard InChI is InChI=1S/C16H20FNO3/c1-2-21-16(20)14-4-3-11-18(14)15(19)10-7-12-5-8-13(17)9-6-12/h5-6,8-9,14H,2-4,7,10-11H2,1H3. The number of esters is 1. The molecule has 2 rings (SSSR count). The van der Waals surface area contributed by atoms with Crippen molar-refractivity contribution in [2.75, 3.05) is 13.2 Å². The van der Waals surface area contributed by atoms with Crippen molar-refractivity contribution < 1.29 is 18.7 Å². The van der Waals surface area contributed by atoms with Gasteiger partial charge in [0, 0.05) is 13.0 Å². The topological polar surface area (TPSA) is 46.6 Å². The number of ether oxygens (including phenoxy) is 1. The van der Waals surface area contributed by atoms with E-state index >= 15 is 0 Å². The van der Waals surface area contributed by atoms with Crippen LogP contribution >= 0.6 is 0 Å². The van der Waals surface area contributed by atoms with E-state index in [-0.39, 0.29) is 17.7 Å². The monoisotopic (exact) mass is 293 g/mol. The molecular formula is C16H20FNO3. The first-order valence-electron chi connectivity index (χ1n) is 7.32. The Morgan fingerprint density at radius 3 is 2.71 bits per heavy atom. The zero-order chi connectivity index (χ0) is 15.2. The second-order valence-electron chi connectivity index (χ2n) is 5.12. The van der Waals surface area contributed by atoms with E-state index in [2.05, 4.69) is 0 Å². The molecule has 1 aliphatic rings. The summed E-state index contributed by atoms with van der Waals surface area (Å²) in [4.78, 5) is 25.7. The van der Waals surface area contributed by atoms with E-state index in [9.17, 15) is 14.0 Å². The molecule has 21 heavy (non-hydrogen) atoms. The second-order valence-corrected chi connectivity index (χ2v) is 5.12. The van der Waals surface area contributed by atoms with Crippen LogP contribution in [-0.4, -0.2) is 36.0 Å². The van der Waals surface area contributed by atoms with Crippen LogP contribution in [0, 0.1) is 5.82 Å². The summed E-state index contributed by atoms with van der Waals surface area (Å²) in [5, 5.41) is 0. The maximum absolute atomic E-state index is 12.8. The predicted molar refractivity (Wildman–Crippen MR) is 76.1 cm³/mol. The summed E-state index contributed by atoms with van der Waals surface area (Å²) in [5.74, 6) is -0.646. The van der Waals surface area contributed by atoms with Gasteiger partial charge < -0.3 is 9.64 Å². The average molecular weight is 293 g/mol. The summed E-state index contributed by atoms with van der Waals surface area (Å²) >= 11 is 0. The molecule has 0 aliphatic carbocycles. The van der Waals surface area contributed by atoms with Gasteiger partial charge in [-0.2, -0.15) is 0 Å². The second kappa shape index (κ2) is 7.20. The van der Waals surface area contributed by atoms with Gasteiger partial charge in [-0.15, -0.1) is 0 Å². The lowest BCUT2D eigenvalue weighted by atomic mass is 10.1. The van der Waals surface area contributed by atoms with Gasteiger partial charge in [-0.1, -0.05) is 12.1 Å². The van der Waals surface area contributed by atoms with E-state index in [1.807, 2.05) is 0 Å². The molecule has 1 atom stereocenters. The van der Waals surface area contributed by atoms with Gasteiger partial charge >= 0.3 is 5.97 Å². The van der Waals surface area contributed by atoms with Gasteiger partial charge in [0.05, 0.1) is 6.61 Å². The fraction of sp³-hybridized carbons (Fsp3) is 0.500. The largest absolute Gasteiger partial charge is 0.464 e. The molecule has 0 saturated carbocycles. The van der Waals surface area contributed by atoms with Crippen molar-refractivity contribution in [1.82, 2.24) is 4.90 Å². The van der Waals surface area contributed by atoms with Crippen LogP contribution in [0.15, 0.2) is 24.3 Å². The van der Waals surface area contributed by atoms with Crippen LogP contribution < -0.4 is 0 Å². The molecule has 0 spiro atoms. The summed E-state index contributed by atoms with van der Waals surface area (Å²) in [6, 6.07) is 5.68. The third-order valence-electron chi connectivity index (χ3n) is 3.67. The maximum Gasteiger partial charge on any atom is 0.328 e. The predicted octanol–water partition coefficient (Wildman–Crippen LogP) is 2.31. The number of likely N-dealkylation sites (tertiary alicyclic amines) is 1. The Hall–Kier alpha value is -1.91. The van der Waals surface area contributed by atoms with Crippen molar-refractivity contribution in [1.29, 1.82) is 0 Å². The van der Waals surface area contributed by atoms with Gasteiger partial charge in [0.15, 0.2) is 0 Å². The SMILES string of the molecule is CCOC(=O)C1CCCN1C(=O)CCc1ccc(F)cc1. The van der Waals surface area contributed by atoms with Crippen molar-refractivity contribution in [3.8, 4) is 0 Å². The molecule has 0 radical (unpaired) electrons. The Balaban J connectivity index is 1.90. The van der Waals surface area contributed by atoms with Gasteiger partial charge in [-0.05, 0) is 43.9 Å². The smallest absolute Gasteiger partial charge is 0.328 e. The van der Waals surface area contributed by atoms with Crippen LogP contribution in [0.2, 0.25) is 0 Å². The number of hydrogen-bond donors (Lipinski definition) is 0. The number of rotatable bonds is 5. The Kier molecular flexibility index (Phi) is 5.31. The lowest BCUT2D eigenvalue weighted by Gasteiger charge is -2.23. The van der Waals surface area contributed by atoms with Crippen molar-refractivity contribution in [2.45, 2.75) is 38.6 Å². The number of amides is 1. The van der Waals surface area contributed by atoms with E-state index in [0.29, 0.717) is 32.4 Å². The Morgan fingerprint density at radius 2 is 2.05 bits per heavy atom. The van der Waals surface area contributed by atoms with Gasteiger partial charge in [0.2, 0.25) is 5.91 Å². The highest BCUT2D eigenvalue weighted by Gasteiger charge is 2.34. The Labute approximate surface area is 123 Å². The Morgan fingerprint density at radius 1 is 1.33 bits per heavy atom. The number of halogens is 1. The number of benzene rings is 1. The molecule has 1 amide bonds. The van der Waals surface area contributed by atoms with Crippen molar-refractivity contribution in [3.05, 3.63) is 35.6 Å². The molecule has 1 heterocycles. The molecule has 1 fully saturated rings. The minimum Gasteiger partial charge on any atom is -0.464 e. The lowest BCUT2D eigenvalue weighted by Crippen LogP contribution is -2.41. The summed E-state index contributed by atoms with van der Waals surface area (Å²) in [7, 11) is 0. The van der Waals surface area contributed by atoms with Crippen LogP contribution in [0.4, 0.5) is 4.39 Å². The van der Waals surface area contributed by atoms with Gasteiger partial charge in [-0.3, -0.25) is 4.79 Å². The van der Waals surface area contributed by atoms with E-state index in [1.165, 1.54) is 12.1 Å². The van der Waals surface area contributed by atoms with E-state index in [1.54, 1.807) is 24.0 Å². The van der Waals surface area contributed by atoms with Gasteiger partial charge in [0.25, 0.3) is 0 Å². The molecule has 1 aromatic carbocycles. The average Bonchev–Trinajstić information content (AvgIpc) is 2.96. The summed E-state index contributed by atoms with van der Waals surface area (Å²) in [6.45, 7) is 2.69. The first-order chi connectivity index (χ1) is 10.1. The lowest BCUT2D eigenvalue weighted by molar-refractivity contribution is -0.153. The van der Waals surface area contributed by atoms with Crippen molar-refractivity contribution in [2.24, 2.45) is 0 Å². The number of carbonyl (C=O) groups excluding carboxylic acids is 2. The third-order valence-corrected chi connectivity index (χ3v) is 3.67. The number of nitrogens with zero attached hydrogens (tertiary/aromatic N) is 1. The highest BCUT2D eigenvalue weighted by molar-refractivity contribution is 5.85. The normalized spacial score (nSPS) is 17.8. The molecule has 114 valence electrons. The molecule has 5 heteroatoms. The van der Waals surface area contributed by atoms with E-state index < -0.39 is 6.04 Å². The van der Waals surface area contributed by atoms with Crippen LogP contribution in [0.25, 0.3) is 0 Å². The molecule has 0 N–H and O–H groups in total. The fourth-order valence-corrected chi connectivity index (χ4v) is 2.59. The van der Waals surface area contributed by atoms with Gasteiger partial charge in [0.1, 0.15) is 11.9 Å². The first kappa shape index (κ1) is 15.5. The molecule has 0 bridgehead atoms. The van der Waals surface area contributed by atoms with Crippen LogP contribution in [0.3, 0.4) is 0 Å². The van der Waals surface area contributed by atoms with Crippen LogP contribution in [0.5, 0.6) is 0 Å². The summed E-state index contributed by atoms with van der Waals surface area (Å²) < 4.78 is 17.8. The molecule has 0 aromatic heterocycles. The zero-order valence-corrected chi connectivity index (χ0v) is 12.2. The highest BCUT2D eigenvalue weighted by Crippen LogP contribution is 2.20. The minimum atomic E-state index is -0.439. The minimum absolute atomic E-state index is 0.0464. The van der Waals surface area contributed by atoms with Gasteiger partial charge in [-0.25, -0.2) is 9.18 Å². The first-order valence-corrected chi connectivity index (χ1v) is 7.32. The summed E-state index contributed by atoms with van der Waals surface area (Å²) in [5.41, 5.74) is 0.914. The fourth-order valence-electron chi connectivity index (χ4n) is 2.59. The van der Waals surface area contributed by atoms with Crippen LogP contribution in [-0.2, 0) is 20.7 Å². The molecule has 1 aromatic rings. The highest BCUT2D eigenvalue weighted by atomic mass is 19.1. The molecular weight excluding hydrogens is 273 g/mol. The zero-order valence-electron chi connectivity index (χ0n) is 12.2. The molecule has 1 saturated heterocycles. The number of aryl methyl sites for hydroxylation is 1. The summed E-state index contributed by atoms with van der Waals surface area (Å²) in [6.07, 6.45) is 2.36. The number of carbonyl (C=O) groups is 2. The van der Waals surface area contributed by atoms with E-state index in [4.69, 9.17) is 4.74 Å². The van der Waals surface area contributed by atoms with E-state index in [0.717, 1.165) is 12.0 Å². The van der Waals surface area contributed by atoms with Crippen molar-refractivity contribution >= 4 is 11.9 Å².